The number of para-hydroxylation sites is 1. The molecule has 6 heteroatoms. The van der Waals surface area contributed by atoms with Crippen LogP contribution in [0.15, 0.2) is 54.6 Å². The summed E-state index contributed by atoms with van der Waals surface area (Å²) in [5, 5.41) is 23.2. The predicted molar refractivity (Wildman–Crippen MR) is 130 cm³/mol. The van der Waals surface area contributed by atoms with E-state index in [0.29, 0.717) is 17.2 Å². The van der Waals surface area contributed by atoms with Crippen molar-refractivity contribution in [2.45, 2.75) is 32.6 Å². The van der Waals surface area contributed by atoms with Crippen LogP contribution in [0.25, 0.3) is 22.4 Å². The summed E-state index contributed by atoms with van der Waals surface area (Å²) < 4.78 is 5.57. The highest BCUT2D eigenvalue weighted by molar-refractivity contribution is 5.79. The zero-order valence-electron chi connectivity index (χ0n) is 19.0. The van der Waals surface area contributed by atoms with Crippen LogP contribution in [0.4, 0.5) is 5.82 Å². The fraction of sp³-hybridized carbons (Fsp3) is 0.333. The third-order valence-electron chi connectivity index (χ3n) is 6.44. The van der Waals surface area contributed by atoms with Crippen LogP contribution in [-0.4, -0.2) is 34.8 Å². The maximum absolute atomic E-state index is 11.2. The number of nitrogens with zero attached hydrogens (tertiary/aromatic N) is 1. The summed E-state index contributed by atoms with van der Waals surface area (Å²) in [5.74, 6) is 1.17. The molecule has 0 atom stereocenters. The van der Waals surface area contributed by atoms with Crippen LogP contribution in [0.1, 0.15) is 31.2 Å². The standard InChI is InChI=1S/C27H30N2O4/c1-17-7-12-24(30)22(13-17)23-14-20(21-5-3-4-6-25(21)33-2)15-26(29-23)28-16-18-8-10-19(11-9-18)27(31)32/h3-7,12-15,18-19,30H,8-11,16H2,1-2H3,(H,28,29)(H,31,32). The first-order valence-electron chi connectivity index (χ1n) is 11.4. The van der Waals surface area contributed by atoms with E-state index in [4.69, 9.17) is 9.72 Å². The van der Waals surface area contributed by atoms with E-state index in [1.165, 1.54) is 0 Å². The SMILES string of the molecule is COc1ccccc1-c1cc(NCC2CCC(C(=O)O)CC2)nc(-c2cc(C)ccc2O)c1. The highest BCUT2D eigenvalue weighted by atomic mass is 16.5. The van der Waals surface area contributed by atoms with E-state index in [2.05, 4.69) is 5.32 Å². The number of aromatic nitrogens is 1. The third kappa shape index (κ3) is 5.28. The van der Waals surface area contributed by atoms with Crippen molar-refractivity contribution in [3.63, 3.8) is 0 Å². The molecular weight excluding hydrogens is 416 g/mol. The molecule has 2 aromatic carbocycles. The second-order valence-corrected chi connectivity index (χ2v) is 8.78. The number of carboxylic acids is 1. The highest BCUT2D eigenvalue weighted by Gasteiger charge is 2.25. The molecule has 3 N–H and O–H groups in total. The van der Waals surface area contributed by atoms with Gasteiger partial charge >= 0.3 is 5.97 Å². The van der Waals surface area contributed by atoms with Gasteiger partial charge in [0.15, 0.2) is 0 Å². The number of pyridine rings is 1. The Labute approximate surface area is 194 Å². The summed E-state index contributed by atoms with van der Waals surface area (Å²) in [6.45, 7) is 2.72. The number of aryl methyl sites for hydroxylation is 1. The lowest BCUT2D eigenvalue weighted by Gasteiger charge is -2.26. The van der Waals surface area contributed by atoms with Gasteiger partial charge < -0.3 is 20.3 Å². The number of methoxy groups -OCH3 is 1. The van der Waals surface area contributed by atoms with Gasteiger partial charge in [0, 0.05) is 17.7 Å². The van der Waals surface area contributed by atoms with Gasteiger partial charge in [-0.25, -0.2) is 4.98 Å². The number of ether oxygens (including phenoxy) is 1. The zero-order valence-corrected chi connectivity index (χ0v) is 19.0. The molecule has 1 fully saturated rings. The van der Waals surface area contributed by atoms with Gasteiger partial charge in [0.1, 0.15) is 17.3 Å². The van der Waals surface area contributed by atoms with Crippen LogP contribution in [0.5, 0.6) is 11.5 Å². The minimum atomic E-state index is -0.685. The maximum Gasteiger partial charge on any atom is 0.306 e. The van der Waals surface area contributed by atoms with Gasteiger partial charge in [-0.2, -0.15) is 0 Å². The monoisotopic (exact) mass is 446 g/mol. The van der Waals surface area contributed by atoms with Crippen molar-refractivity contribution in [2.75, 3.05) is 19.0 Å². The second kappa shape index (κ2) is 9.94. The van der Waals surface area contributed by atoms with Crippen molar-refractivity contribution in [3.05, 3.63) is 60.2 Å². The molecule has 6 nitrogen and oxygen atoms in total. The Bertz CT molecular complexity index is 1140. The molecule has 1 saturated carbocycles. The number of nitrogens with one attached hydrogen (secondary N) is 1. The number of hydrogen-bond donors (Lipinski definition) is 3. The third-order valence-corrected chi connectivity index (χ3v) is 6.44. The number of rotatable bonds is 7. The van der Waals surface area contributed by atoms with E-state index in [1.807, 2.05) is 55.5 Å². The van der Waals surface area contributed by atoms with E-state index in [1.54, 1.807) is 13.2 Å². The van der Waals surface area contributed by atoms with E-state index >= 15 is 0 Å². The van der Waals surface area contributed by atoms with Crippen molar-refractivity contribution >= 4 is 11.8 Å². The Morgan fingerprint density at radius 1 is 1.06 bits per heavy atom. The van der Waals surface area contributed by atoms with Gasteiger partial charge in [-0.3, -0.25) is 4.79 Å². The quantitative estimate of drug-likeness (QED) is 0.429. The van der Waals surface area contributed by atoms with Crippen molar-refractivity contribution in [3.8, 4) is 33.9 Å². The van der Waals surface area contributed by atoms with Gasteiger partial charge in [-0.15, -0.1) is 0 Å². The number of phenols is 1. The fourth-order valence-corrected chi connectivity index (χ4v) is 4.52. The lowest BCUT2D eigenvalue weighted by atomic mass is 9.82. The molecule has 1 aliphatic rings. The summed E-state index contributed by atoms with van der Waals surface area (Å²) in [6.07, 6.45) is 3.22. The van der Waals surface area contributed by atoms with Gasteiger partial charge in [-0.05, 0) is 74.4 Å². The van der Waals surface area contributed by atoms with Crippen LogP contribution >= 0.6 is 0 Å². The van der Waals surface area contributed by atoms with Gasteiger partial charge in [-0.1, -0.05) is 29.8 Å². The summed E-state index contributed by atoms with van der Waals surface area (Å²) >= 11 is 0. The van der Waals surface area contributed by atoms with Crippen LogP contribution in [0.3, 0.4) is 0 Å². The Morgan fingerprint density at radius 3 is 2.55 bits per heavy atom. The van der Waals surface area contributed by atoms with Crippen LogP contribution < -0.4 is 10.1 Å². The van der Waals surface area contributed by atoms with Crippen molar-refractivity contribution < 1.29 is 19.7 Å². The topological polar surface area (TPSA) is 91.7 Å². The molecule has 0 radical (unpaired) electrons. The summed E-state index contributed by atoms with van der Waals surface area (Å²) in [7, 11) is 1.65. The molecule has 0 amide bonds. The smallest absolute Gasteiger partial charge is 0.306 e. The van der Waals surface area contributed by atoms with E-state index in [-0.39, 0.29) is 11.7 Å². The van der Waals surface area contributed by atoms with E-state index in [0.717, 1.165) is 60.5 Å². The molecule has 0 aliphatic heterocycles. The van der Waals surface area contributed by atoms with Crippen LogP contribution in [-0.2, 0) is 4.79 Å². The molecule has 0 unspecified atom stereocenters. The van der Waals surface area contributed by atoms with Crippen LogP contribution in [0.2, 0.25) is 0 Å². The number of carboxylic acid groups (broad SMARTS) is 1. The molecule has 33 heavy (non-hydrogen) atoms. The largest absolute Gasteiger partial charge is 0.507 e. The number of aliphatic carboxylic acids is 1. The Morgan fingerprint density at radius 2 is 1.82 bits per heavy atom. The Balaban J connectivity index is 1.65. The number of carbonyl (C=O) groups is 1. The van der Waals surface area contributed by atoms with Gasteiger partial charge in [0.25, 0.3) is 0 Å². The summed E-state index contributed by atoms with van der Waals surface area (Å²) in [6, 6.07) is 17.3. The minimum Gasteiger partial charge on any atom is -0.507 e. The molecule has 1 aromatic heterocycles. The van der Waals surface area contributed by atoms with Crippen molar-refractivity contribution in [1.82, 2.24) is 4.98 Å². The Hall–Kier alpha value is -3.54. The number of aromatic hydroxyl groups is 1. The summed E-state index contributed by atoms with van der Waals surface area (Å²) in [5.41, 5.74) is 4.28. The van der Waals surface area contributed by atoms with Gasteiger partial charge in [0.2, 0.25) is 0 Å². The molecule has 3 aromatic rings. The molecule has 4 rings (SSSR count). The average molecular weight is 447 g/mol. The van der Waals surface area contributed by atoms with E-state index < -0.39 is 5.97 Å². The first kappa shape index (κ1) is 22.6. The number of anilines is 1. The zero-order chi connectivity index (χ0) is 23.4. The molecule has 1 heterocycles. The number of benzene rings is 2. The predicted octanol–water partition coefficient (Wildman–Crippen LogP) is 5.74. The normalized spacial score (nSPS) is 18.0. The lowest BCUT2D eigenvalue weighted by molar-refractivity contribution is -0.143. The lowest BCUT2D eigenvalue weighted by Crippen LogP contribution is -2.25. The number of phenolic OH excluding ortho intramolecular Hbond substituents is 1. The fourth-order valence-electron chi connectivity index (χ4n) is 4.52. The average Bonchev–Trinajstić information content (AvgIpc) is 2.84. The molecule has 0 saturated heterocycles. The molecule has 0 bridgehead atoms. The maximum atomic E-state index is 11.2. The highest BCUT2D eigenvalue weighted by Crippen LogP contribution is 2.36. The van der Waals surface area contributed by atoms with Crippen molar-refractivity contribution in [2.24, 2.45) is 11.8 Å². The number of hydrogen-bond acceptors (Lipinski definition) is 5. The van der Waals surface area contributed by atoms with Gasteiger partial charge in [0.05, 0.1) is 18.7 Å². The molecule has 1 aliphatic carbocycles. The van der Waals surface area contributed by atoms with E-state index in [9.17, 15) is 15.0 Å². The Kier molecular flexibility index (Phi) is 6.82. The first-order chi connectivity index (χ1) is 15.9. The summed E-state index contributed by atoms with van der Waals surface area (Å²) in [4.78, 5) is 16.0. The molecule has 0 spiro atoms. The molecular formula is C27H30N2O4. The van der Waals surface area contributed by atoms with Crippen LogP contribution in [0, 0.1) is 18.8 Å². The minimum absolute atomic E-state index is 0.184. The molecule has 172 valence electrons. The first-order valence-corrected chi connectivity index (χ1v) is 11.4. The van der Waals surface area contributed by atoms with Crippen molar-refractivity contribution in [1.29, 1.82) is 0 Å². The second-order valence-electron chi connectivity index (χ2n) is 8.78.